The molecule has 0 bridgehead atoms. The van der Waals surface area contributed by atoms with E-state index >= 15 is 0 Å². The number of benzene rings is 2. The van der Waals surface area contributed by atoms with Crippen molar-refractivity contribution in [1.82, 2.24) is 15.1 Å². The minimum absolute atomic E-state index is 0.0579. The average Bonchev–Trinajstić information content (AvgIpc) is 3.29. The second kappa shape index (κ2) is 11.1. The highest BCUT2D eigenvalue weighted by Crippen LogP contribution is 2.44. The number of nitrogens with one attached hydrogen (secondary N) is 1. The Morgan fingerprint density at radius 2 is 1.72 bits per heavy atom. The molecule has 4 rings (SSSR count). The molecule has 1 aliphatic carbocycles. The second-order valence-corrected chi connectivity index (χ2v) is 10.6. The summed E-state index contributed by atoms with van der Waals surface area (Å²) in [6, 6.07) is 12.0. The minimum atomic E-state index is -0.601. The molecule has 1 unspecified atom stereocenters. The second-order valence-electron chi connectivity index (χ2n) is 10.6. The molecule has 194 valence electrons. The lowest BCUT2D eigenvalue weighted by Crippen LogP contribution is -2.42. The molecule has 2 fully saturated rings. The van der Waals surface area contributed by atoms with Crippen molar-refractivity contribution in [3.63, 3.8) is 0 Å². The van der Waals surface area contributed by atoms with Crippen molar-refractivity contribution >= 4 is 11.8 Å². The van der Waals surface area contributed by atoms with Gasteiger partial charge in [-0.1, -0.05) is 30.3 Å². The van der Waals surface area contributed by atoms with Crippen LogP contribution in [0.4, 0.5) is 8.78 Å². The van der Waals surface area contributed by atoms with Gasteiger partial charge in [-0.25, -0.2) is 8.78 Å². The molecular weight excluding hydrogens is 460 g/mol. The summed E-state index contributed by atoms with van der Waals surface area (Å²) in [6.45, 7) is 4.81. The number of carbonyl (C=O) groups is 2. The van der Waals surface area contributed by atoms with Gasteiger partial charge in [-0.15, -0.1) is 0 Å². The highest BCUT2D eigenvalue weighted by atomic mass is 19.1. The Hall–Kier alpha value is -2.80. The van der Waals surface area contributed by atoms with Crippen molar-refractivity contribution in [2.24, 2.45) is 5.92 Å². The van der Waals surface area contributed by atoms with E-state index in [1.54, 1.807) is 0 Å². The van der Waals surface area contributed by atoms with Crippen LogP contribution in [0.15, 0.2) is 42.5 Å². The standard InChI is InChI=1S/C29H37F2N3O2/c1-18(32-19(2)35)23-7-5-6-8-24(23)20-11-13-34(14-12-20)29(36)27-17-22(33(3)4)16-26(27)25-10-9-21(30)15-28(25)31/h5-10,15,18,20,22,26-27H,11-14,16-17H2,1-4H3,(H,32,35)/t18-,22+,26-,27?/m0/s1. The molecule has 1 heterocycles. The Labute approximate surface area is 212 Å². The maximum absolute atomic E-state index is 14.7. The van der Waals surface area contributed by atoms with Gasteiger partial charge >= 0.3 is 0 Å². The van der Waals surface area contributed by atoms with Gasteiger partial charge in [-0.05, 0) is 81.3 Å². The topological polar surface area (TPSA) is 52.7 Å². The average molecular weight is 498 g/mol. The Morgan fingerprint density at radius 1 is 1.03 bits per heavy atom. The molecule has 4 atom stereocenters. The van der Waals surface area contributed by atoms with Crippen LogP contribution in [0, 0.1) is 17.6 Å². The minimum Gasteiger partial charge on any atom is -0.350 e. The zero-order valence-electron chi connectivity index (χ0n) is 21.6. The zero-order valence-corrected chi connectivity index (χ0v) is 21.6. The van der Waals surface area contributed by atoms with Gasteiger partial charge in [-0.3, -0.25) is 9.59 Å². The third-order valence-electron chi connectivity index (χ3n) is 8.08. The molecule has 1 saturated carbocycles. The summed E-state index contributed by atoms with van der Waals surface area (Å²) >= 11 is 0. The lowest BCUT2D eigenvalue weighted by molar-refractivity contribution is -0.137. The van der Waals surface area contributed by atoms with Crippen LogP contribution < -0.4 is 5.32 Å². The molecule has 36 heavy (non-hydrogen) atoms. The highest BCUT2D eigenvalue weighted by molar-refractivity contribution is 5.80. The molecule has 2 aromatic carbocycles. The van der Waals surface area contributed by atoms with Crippen molar-refractivity contribution in [2.45, 2.75) is 63.5 Å². The van der Waals surface area contributed by atoms with Crippen LogP contribution in [0.5, 0.6) is 0 Å². The molecular formula is C29H37F2N3O2. The zero-order chi connectivity index (χ0) is 26.0. The summed E-state index contributed by atoms with van der Waals surface area (Å²) < 4.78 is 28.3. The van der Waals surface area contributed by atoms with Crippen molar-refractivity contribution in [3.05, 3.63) is 70.8 Å². The van der Waals surface area contributed by atoms with Crippen molar-refractivity contribution in [1.29, 1.82) is 0 Å². The Morgan fingerprint density at radius 3 is 2.36 bits per heavy atom. The lowest BCUT2D eigenvalue weighted by Gasteiger charge is -2.36. The van der Waals surface area contributed by atoms with Gasteiger partial charge in [0, 0.05) is 38.0 Å². The summed E-state index contributed by atoms with van der Waals surface area (Å²) in [5, 5.41) is 2.98. The van der Waals surface area contributed by atoms with Crippen LogP contribution in [0.3, 0.4) is 0 Å². The molecule has 1 N–H and O–H groups in total. The summed E-state index contributed by atoms with van der Waals surface area (Å²) in [6.07, 6.45) is 3.03. The fourth-order valence-electron chi connectivity index (χ4n) is 6.16. The smallest absolute Gasteiger partial charge is 0.226 e. The summed E-state index contributed by atoms with van der Waals surface area (Å²) in [5.74, 6) is -1.42. The SMILES string of the molecule is CC(=O)N[C@@H](C)c1ccccc1C1CCN(C(=O)C2C[C@H](N(C)C)C[C@H]2c2ccc(F)cc2F)CC1. The highest BCUT2D eigenvalue weighted by Gasteiger charge is 2.43. The summed E-state index contributed by atoms with van der Waals surface area (Å²) in [5.41, 5.74) is 2.79. The van der Waals surface area contributed by atoms with E-state index in [4.69, 9.17) is 0 Å². The molecule has 2 aromatic rings. The molecule has 7 heteroatoms. The molecule has 0 radical (unpaired) electrons. The van der Waals surface area contributed by atoms with E-state index in [9.17, 15) is 18.4 Å². The van der Waals surface area contributed by atoms with E-state index in [0.29, 0.717) is 37.4 Å². The Bertz CT molecular complexity index is 1100. The fraction of sp³-hybridized carbons (Fsp3) is 0.517. The van der Waals surface area contributed by atoms with Gasteiger partial charge in [-0.2, -0.15) is 0 Å². The van der Waals surface area contributed by atoms with Crippen LogP contribution in [-0.4, -0.2) is 54.8 Å². The monoisotopic (exact) mass is 497 g/mol. The summed E-state index contributed by atoms with van der Waals surface area (Å²) in [4.78, 5) is 29.4. The first-order valence-electron chi connectivity index (χ1n) is 12.9. The van der Waals surface area contributed by atoms with Crippen LogP contribution >= 0.6 is 0 Å². The van der Waals surface area contributed by atoms with E-state index in [1.807, 2.05) is 38.1 Å². The van der Waals surface area contributed by atoms with E-state index in [1.165, 1.54) is 24.6 Å². The largest absolute Gasteiger partial charge is 0.350 e. The van der Waals surface area contributed by atoms with Gasteiger partial charge in [0.25, 0.3) is 0 Å². The first-order valence-corrected chi connectivity index (χ1v) is 12.9. The number of piperidine rings is 1. The Balaban J connectivity index is 1.48. The maximum Gasteiger partial charge on any atom is 0.226 e. The van der Waals surface area contributed by atoms with E-state index in [-0.39, 0.29) is 35.7 Å². The molecule has 0 spiro atoms. The number of likely N-dealkylation sites (tertiary alicyclic amines) is 1. The number of hydrogen-bond donors (Lipinski definition) is 1. The molecule has 2 aliphatic rings. The fourth-order valence-corrected chi connectivity index (χ4v) is 6.16. The molecule has 5 nitrogen and oxygen atoms in total. The van der Waals surface area contributed by atoms with Gasteiger partial charge < -0.3 is 15.1 Å². The third-order valence-corrected chi connectivity index (χ3v) is 8.08. The normalized spacial score (nSPS) is 23.6. The van der Waals surface area contributed by atoms with Gasteiger partial charge in [0.2, 0.25) is 11.8 Å². The van der Waals surface area contributed by atoms with Gasteiger partial charge in [0.05, 0.1) is 6.04 Å². The molecule has 2 amide bonds. The van der Waals surface area contributed by atoms with Gasteiger partial charge in [0.1, 0.15) is 11.6 Å². The number of halogens is 2. The molecule has 1 saturated heterocycles. The van der Waals surface area contributed by atoms with Crippen LogP contribution in [0.25, 0.3) is 0 Å². The number of amides is 2. The van der Waals surface area contributed by atoms with Gasteiger partial charge in [0.15, 0.2) is 0 Å². The quantitative estimate of drug-likeness (QED) is 0.612. The summed E-state index contributed by atoms with van der Waals surface area (Å²) in [7, 11) is 3.97. The predicted octanol–water partition coefficient (Wildman–Crippen LogP) is 4.99. The van der Waals surface area contributed by atoms with Crippen LogP contribution in [-0.2, 0) is 9.59 Å². The van der Waals surface area contributed by atoms with Crippen molar-refractivity contribution in [2.75, 3.05) is 27.2 Å². The number of carbonyl (C=O) groups excluding carboxylic acids is 2. The first kappa shape index (κ1) is 26.3. The van der Waals surface area contributed by atoms with E-state index in [2.05, 4.69) is 22.3 Å². The maximum atomic E-state index is 14.7. The third kappa shape index (κ3) is 5.61. The Kier molecular flexibility index (Phi) is 8.08. The predicted molar refractivity (Wildman–Crippen MR) is 137 cm³/mol. The number of hydrogen-bond acceptors (Lipinski definition) is 3. The first-order chi connectivity index (χ1) is 17.2. The van der Waals surface area contributed by atoms with E-state index < -0.39 is 11.6 Å². The van der Waals surface area contributed by atoms with Crippen molar-refractivity contribution < 1.29 is 18.4 Å². The van der Waals surface area contributed by atoms with Crippen LogP contribution in [0.2, 0.25) is 0 Å². The number of nitrogens with zero attached hydrogens (tertiary/aromatic N) is 2. The van der Waals surface area contributed by atoms with E-state index in [0.717, 1.165) is 24.5 Å². The van der Waals surface area contributed by atoms with Crippen LogP contribution in [0.1, 0.15) is 74.1 Å². The lowest BCUT2D eigenvalue weighted by atomic mass is 9.83. The van der Waals surface area contributed by atoms with Crippen molar-refractivity contribution in [3.8, 4) is 0 Å². The number of rotatable bonds is 6. The molecule has 1 aliphatic heterocycles. The molecule has 0 aromatic heterocycles.